The molecular formula is C35H44N2O. The van der Waals surface area contributed by atoms with Crippen LogP contribution in [0.2, 0.25) is 0 Å². The van der Waals surface area contributed by atoms with Gasteiger partial charge >= 0.3 is 0 Å². The van der Waals surface area contributed by atoms with Crippen LogP contribution in [0.25, 0.3) is 22.2 Å². The number of amides is 1. The lowest BCUT2D eigenvalue weighted by molar-refractivity contribution is -0.130. The zero-order chi connectivity index (χ0) is 25.9. The Bertz CT molecular complexity index is 1290. The van der Waals surface area contributed by atoms with Gasteiger partial charge in [-0.3, -0.25) is 4.79 Å². The number of rotatable bonds is 3. The molecule has 2 aromatic carbocycles. The normalized spacial score (nSPS) is 22.4. The highest BCUT2D eigenvalue weighted by Crippen LogP contribution is 2.51. The molecule has 3 aliphatic rings. The molecule has 1 atom stereocenters. The van der Waals surface area contributed by atoms with Gasteiger partial charge in [0, 0.05) is 35.1 Å². The van der Waals surface area contributed by atoms with Gasteiger partial charge in [-0.25, -0.2) is 0 Å². The smallest absolute Gasteiger partial charge is 0.250 e. The van der Waals surface area contributed by atoms with Crippen LogP contribution in [0.15, 0.2) is 65.7 Å². The average molecular weight is 509 g/mol. The van der Waals surface area contributed by atoms with E-state index in [2.05, 4.69) is 71.1 Å². The van der Waals surface area contributed by atoms with Crippen LogP contribution in [0, 0.1) is 0 Å². The van der Waals surface area contributed by atoms with E-state index in [0.29, 0.717) is 11.9 Å². The maximum Gasteiger partial charge on any atom is 0.250 e. The molecule has 6 rings (SSSR count). The van der Waals surface area contributed by atoms with Crippen LogP contribution >= 0.6 is 0 Å². The van der Waals surface area contributed by atoms with Gasteiger partial charge in [-0.05, 0) is 55.7 Å². The summed E-state index contributed by atoms with van der Waals surface area (Å²) in [7, 11) is 2.21. The molecule has 200 valence electrons. The number of aromatic nitrogens is 1. The summed E-state index contributed by atoms with van der Waals surface area (Å²) in [5.74, 6) is 0.355. The molecule has 2 heterocycles. The van der Waals surface area contributed by atoms with E-state index in [9.17, 15) is 4.79 Å². The molecule has 3 nitrogen and oxygen atoms in total. The van der Waals surface area contributed by atoms with E-state index in [1.54, 1.807) is 0 Å². The lowest BCUT2D eigenvalue weighted by Crippen LogP contribution is -2.40. The summed E-state index contributed by atoms with van der Waals surface area (Å²) in [6.45, 7) is 0. The van der Waals surface area contributed by atoms with Crippen LogP contribution in [0.3, 0.4) is 0 Å². The van der Waals surface area contributed by atoms with Crippen LogP contribution in [-0.4, -0.2) is 21.4 Å². The highest BCUT2D eigenvalue weighted by Gasteiger charge is 2.45. The van der Waals surface area contributed by atoms with Crippen LogP contribution in [-0.2, 0) is 11.8 Å². The third kappa shape index (κ3) is 4.74. The standard InChI is InChI=1S/C35H44N2O/c1-36-31-25-17-16-24-30(31)32(33(36)26-18-10-9-11-19-26)34-28-22-14-15-23-29(28)35(38)37(34)27-20-12-7-5-3-2-4-6-8-13-21-27/h9-11,16-19,24-25,27,34H,2-8,12-15,20-23H2,1H3. The topological polar surface area (TPSA) is 25.2 Å². The van der Waals surface area contributed by atoms with E-state index in [0.717, 1.165) is 37.7 Å². The highest BCUT2D eigenvalue weighted by molar-refractivity contribution is 6.01. The number of carbonyl (C=O) groups is 1. The van der Waals surface area contributed by atoms with Gasteiger partial charge in [-0.2, -0.15) is 0 Å². The second kappa shape index (κ2) is 11.5. The van der Waals surface area contributed by atoms with E-state index < -0.39 is 0 Å². The van der Waals surface area contributed by atoms with Crippen molar-refractivity contribution in [2.75, 3.05) is 0 Å². The Morgan fingerprint density at radius 3 is 2.00 bits per heavy atom. The second-order valence-corrected chi connectivity index (χ2v) is 11.9. The summed E-state index contributed by atoms with van der Waals surface area (Å²) in [5.41, 5.74) is 7.73. The fraction of sp³-hybridized carbons (Fsp3) is 0.514. The van der Waals surface area contributed by atoms with Gasteiger partial charge < -0.3 is 9.47 Å². The Labute approximate surface area is 228 Å². The van der Waals surface area contributed by atoms with Gasteiger partial charge in [0.2, 0.25) is 0 Å². The van der Waals surface area contributed by atoms with Gasteiger partial charge in [0.05, 0.1) is 11.7 Å². The number of aryl methyl sites for hydroxylation is 1. The minimum absolute atomic E-state index is 0.0667. The summed E-state index contributed by atoms with van der Waals surface area (Å²) in [4.78, 5) is 16.8. The summed E-state index contributed by atoms with van der Waals surface area (Å²) in [5, 5.41) is 1.31. The summed E-state index contributed by atoms with van der Waals surface area (Å²) < 4.78 is 2.38. The summed E-state index contributed by atoms with van der Waals surface area (Å²) in [6.07, 6.45) is 18.6. The maximum absolute atomic E-state index is 14.3. The average Bonchev–Trinajstić information content (AvgIpc) is 3.40. The van der Waals surface area contributed by atoms with Gasteiger partial charge in [-0.1, -0.05) is 106 Å². The van der Waals surface area contributed by atoms with Crippen molar-refractivity contribution in [2.45, 2.75) is 108 Å². The molecule has 1 fully saturated rings. The van der Waals surface area contributed by atoms with Crippen LogP contribution < -0.4 is 0 Å². The monoisotopic (exact) mass is 508 g/mol. The molecule has 1 aliphatic heterocycles. The molecule has 3 heteroatoms. The fourth-order valence-electron chi connectivity index (χ4n) is 7.67. The van der Waals surface area contributed by atoms with Crippen molar-refractivity contribution in [3.8, 4) is 11.3 Å². The molecule has 1 aromatic heterocycles. The van der Waals surface area contributed by atoms with Crippen molar-refractivity contribution in [1.82, 2.24) is 9.47 Å². The molecular weight excluding hydrogens is 464 g/mol. The third-order valence-electron chi connectivity index (χ3n) is 9.55. The quantitative estimate of drug-likeness (QED) is 0.346. The third-order valence-corrected chi connectivity index (χ3v) is 9.55. The van der Waals surface area contributed by atoms with Crippen molar-refractivity contribution in [1.29, 1.82) is 0 Å². The lowest BCUT2D eigenvalue weighted by atomic mass is 9.85. The van der Waals surface area contributed by atoms with Crippen LogP contribution in [0.1, 0.15) is 108 Å². The molecule has 0 bridgehead atoms. The van der Waals surface area contributed by atoms with Crippen molar-refractivity contribution < 1.29 is 4.79 Å². The molecule has 38 heavy (non-hydrogen) atoms. The van der Waals surface area contributed by atoms with Crippen LogP contribution in [0.5, 0.6) is 0 Å². The van der Waals surface area contributed by atoms with Gasteiger partial charge in [0.15, 0.2) is 0 Å². The summed E-state index contributed by atoms with van der Waals surface area (Å²) in [6, 6.07) is 20.1. The van der Waals surface area contributed by atoms with Gasteiger partial charge in [-0.15, -0.1) is 0 Å². The molecule has 1 unspecified atom stereocenters. The number of benzene rings is 2. The Hall–Kier alpha value is -2.81. The SMILES string of the molecule is Cn1c(-c2ccccc2)c(C2C3=C(CCCC3)C(=O)N2C2CCCCCCCCCCC2)c2ccccc21. The zero-order valence-electron chi connectivity index (χ0n) is 23.3. The maximum atomic E-state index is 14.3. The number of carbonyl (C=O) groups excluding carboxylic acids is 1. The molecule has 0 radical (unpaired) electrons. The minimum Gasteiger partial charge on any atom is -0.343 e. The molecule has 1 amide bonds. The second-order valence-electron chi connectivity index (χ2n) is 11.9. The van der Waals surface area contributed by atoms with E-state index in [-0.39, 0.29) is 6.04 Å². The summed E-state index contributed by atoms with van der Waals surface area (Å²) >= 11 is 0. The Morgan fingerprint density at radius 1 is 0.684 bits per heavy atom. The van der Waals surface area contributed by atoms with Gasteiger partial charge in [0.1, 0.15) is 0 Å². The number of para-hydroxylation sites is 1. The number of hydrogen-bond donors (Lipinski definition) is 0. The lowest BCUT2D eigenvalue weighted by Gasteiger charge is -2.36. The predicted molar refractivity (Wildman–Crippen MR) is 158 cm³/mol. The van der Waals surface area contributed by atoms with Crippen molar-refractivity contribution in [3.05, 3.63) is 71.3 Å². The van der Waals surface area contributed by atoms with Crippen molar-refractivity contribution in [3.63, 3.8) is 0 Å². The van der Waals surface area contributed by atoms with E-state index >= 15 is 0 Å². The fourth-order valence-corrected chi connectivity index (χ4v) is 7.67. The number of fused-ring (bicyclic) bond motifs is 1. The predicted octanol–water partition coefficient (Wildman–Crippen LogP) is 9.27. The number of nitrogens with zero attached hydrogens (tertiary/aromatic N) is 2. The Morgan fingerprint density at radius 2 is 1.29 bits per heavy atom. The zero-order valence-corrected chi connectivity index (χ0v) is 23.3. The van der Waals surface area contributed by atoms with E-state index in [4.69, 9.17) is 0 Å². The highest BCUT2D eigenvalue weighted by atomic mass is 16.2. The first-order valence-corrected chi connectivity index (χ1v) is 15.4. The largest absolute Gasteiger partial charge is 0.343 e. The van der Waals surface area contributed by atoms with Crippen molar-refractivity contribution in [2.24, 2.45) is 7.05 Å². The van der Waals surface area contributed by atoms with E-state index in [1.807, 2.05) is 0 Å². The van der Waals surface area contributed by atoms with Crippen LogP contribution in [0.4, 0.5) is 0 Å². The first-order valence-electron chi connectivity index (χ1n) is 15.4. The van der Waals surface area contributed by atoms with Gasteiger partial charge in [0.25, 0.3) is 5.91 Å². The first-order chi connectivity index (χ1) is 18.8. The molecule has 0 N–H and O–H groups in total. The van der Waals surface area contributed by atoms with E-state index in [1.165, 1.54) is 97.5 Å². The Kier molecular flexibility index (Phi) is 7.72. The molecule has 2 aliphatic carbocycles. The van der Waals surface area contributed by atoms with Crippen molar-refractivity contribution >= 4 is 16.8 Å². The minimum atomic E-state index is 0.0667. The first kappa shape index (κ1) is 25.5. The molecule has 3 aromatic rings. The molecule has 0 spiro atoms. The number of hydrogen-bond acceptors (Lipinski definition) is 1. The molecule has 1 saturated carbocycles. The molecule has 0 saturated heterocycles. The Balaban J connectivity index is 1.49.